The molecule has 0 atom stereocenters. The summed E-state index contributed by atoms with van der Waals surface area (Å²) in [6, 6.07) is 6.35. The van der Waals surface area contributed by atoms with Crippen molar-refractivity contribution >= 4 is 16.8 Å². The van der Waals surface area contributed by atoms with Crippen molar-refractivity contribution in [1.82, 2.24) is 9.88 Å². The number of aromatic amines is 1. The zero-order chi connectivity index (χ0) is 17.3. The molecule has 128 valence electrons. The van der Waals surface area contributed by atoms with Crippen LogP contribution < -0.4 is 5.56 Å². The number of benzene rings is 1. The van der Waals surface area contributed by atoms with Crippen molar-refractivity contribution in [2.45, 2.75) is 65.5 Å². The highest BCUT2D eigenvalue weighted by Gasteiger charge is 2.26. The van der Waals surface area contributed by atoms with E-state index in [-0.39, 0.29) is 17.5 Å². The molecule has 1 aromatic heterocycles. The van der Waals surface area contributed by atoms with E-state index in [0.29, 0.717) is 18.5 Å². The number of amides is 1. The normalized spacial score (nSPS) is 15.1. The van der Waals surface area contributed by atoms with Gasteiger partial charge < -0.3 is 9.88 Å². The second-order valence-electron chi connectivity index (χ2n) is 6.91. The molecule has 1 fully saturated rings. The van der Waals surface area contributed by atoms with E-state index in [9.17, 15) is 9.59 Å². The predicted octanol–water partition coefficient (Wildman–Crippen LogP) is 3.83. The monoisotopic (exact) mass is 326 g/mol. The Kier molecular flexibility index (Phi) is 4.74. The van der Waals surface area contributed by atoms with E-state index in [1.165, 1.54) is 18.4 Å². The molecule has 1 aliphatic rings. The summed E-state index contributed by atoms with van der Waals surface area (Å²) in [5.41, 5.74) is 3.77. The zero-order valence-corrected chi connectivity index (χ0v) is 14.8. The molecule has 0 bridgehead atoms. The average Bonchev–Trinajstić information content (AvgIpc) is 3.10. The van der Waals surface area contributed by atoms with Gasteiger partial charge in [-0.3, -0.25) is 9.59 Å². The number of aryl methyl sites for hydroxylation is 2. The number of carbonyl (C=O) groups excluding carboxylic acids is 1. The van der Waals surface area contributed by atoms with Gasteiger partial charge in [-0.25, -0.2) is 0 Å². The molecule has 24 heavy (non-hydrogen) atoms. The summed E-state index contributed by atoms with van der Waals surface area (Å²) in [6.45, 7) is 6.37. The van der Waals surface area contributed by atoms with E-state index in [2.05, 4.69) is 11.1 Å². The third-order valence-corrected chi connectivity index (χ3v) is 5.36. The number of aromatic nitrogens is 1. The molecule has 0 aliphatic heterocycles. The summed E-state index contributed by atoms with van der Waals surface area (Å²) >= 11 is 0. The maximum Gasteiger partial charge on any atom is 0.253 e. The van der Waals surface area contributed by atoms with Crippen molar-refractivity contribution in [3.63, 3.8) is 0 Å². The van der Waals surface area contributed by atoms with Crippen molar-refractivity contribution in [3.8, 4) is 0 Å². The molecule has 4 heteroatoms. The van der Waals surface area contributed by atoms with Gasteiger partial charge in [-0.1, -0.05) is 31.9 Å². The molecule has 1 heterocycles. The number of nitrogens with zero attached hydrogens (tertiary/aromatic N) is 1. The number of hydrogen-bond acceptors (Lipinski definition) is 2. The number of fused-ring (bicyclic) bond motifs is 1. The minimum absolute atomic E-state index is 0.0805. The lowest BCUT2D eigenvalue weighted by Crippen LogP contribution is -2.39. The van der Waals surface area contributed by atoms with Gasteiger partial charge in [0, 0.05) is 18.0 Å². The van der Waals surface area contributed by atoms with Gasteiger partial charge in [0.05, 0.1) is 12.1 Å². The number of nitrogens with one attached hydrogen (secondary N) is 1. The van der Waals surface area contributed by atoms with Crippen LogP contribution >= 0.6 is 0 Å². The SMILES string of the molecule is CCC(=O)N(Cc1cc2ccc(C)c(C)c2[nH]c1=O)C1CCCC1. The van der Waals surface area contributed by atoms with Crippen molar-refractivity contribution in [2.24, 2.45) is 0 Å². The van der Waals surface area contributed by atoms with Gasteiger partial charge in [0.15, 0.2) is 0 Å². The van der Waals surface area contributed by atoms with Crippen molar-refractivity contribution in [1.29, 1.82) is 0 Å². The van der Waals surface area contributed by atoms with Crippen LogP contribution in [-0.4, -0.2) is 21.8 Å². The Morgan fingerprint density at radius 1 is 1.25 bits per heavy atom. The number of pyridine rings is 1. The van der Waals surface area contributed by atoms with E-state index >= 15 is 0 Å². The molecule has 1 saturated carbocycles. The average molecular weight is 326 g/mol. The third kappa shape index (κ3) is 3.10. The maximum atomic E-state index is 12.6. The van der Waals surface area contributed by atoms with Gasteiger partial charge in [0.25, 0.3) is 5.56 Å². The summed E-state index contributed by atoms with van der Waals surface area (Å²) in [5.74, 6) is 0.140. The van der Waals surface area contributed by atoms with Gasteiger partial charge in [0.2, 0.25) is 5.91 Å². The second-order valence-corrected chi connectivity index (χ2v) is 6.91. The van der Waals surface area contributed by atoms with E-state index < -0.39 is 0 Å². The Hall–Kier alpha value is -2.10. The van der Waals surface area contributed by atoms with E-state index in [1.807, 2.05) is 37.8 Å². The zero-order valence-electron chi connectivity index (χ0n) is 14.8. The minimum atomic E-state index is -0.0805. The second kappa shape index (κ2) is 6.80. The molecule has 3 rings (SSSR count). The molecular weight excluding hydrogens is 300 g/mol. The van der Waals surface area contributed by atoms with Crippen LogP contribution in [0.25, 0.3) is 10.9 Å². The van der Waals surface area contributed by atoms with Gasteiger partial charge in [-0.15, -0.1) is 0 Å². The van der Waals surface area contributed by atoms with Crippen LogP contribution in [0.1, 0.15) is 55.7 Å². The first-order valence-electron chi connectivity index (χ1n) is 8.93. The lowest BCUT2D eigenvalue weighted by Gasteiger charge is -2.28. The largest absolute Gasteiger partial charge is 0.335 e. The van der Waals surface area contributed by atoms with Gasteiger partial charge in [-0.05, 0) is 49.3 Å². The first kappa shape index (κ1) is 16.7. The molecule has 1 aliphatic carbocycles. The molecule has 0 radical (unpaired) electrons. The van der Waals surface area contributed by atoms with Gasteiger partial charge in [-0.2, -0.15) is 0 Å². The highest BCUT2D eigenvalue weighted by molar-refractivity contribution is 5.83. The van der Waals surface area contributed by atoms with Crippen LogP contribution in [0, 0.1) is 13.8 Å². The molecule has 1 N–H and O–H groups in total. The fourth-order valence-corrected chi connectivity index (χ4v) is 3.71. The Bertz CT molecular complexity index is 816. The fraction of sp³-hybridized carbons (Fsp3) is 0.500. The van der Waals surface area contributed by atoms with Gasteiger partial charge in [0.1, 0.15) is 0 Å². The van der Waals surface area contributed by atoms with Crippen LogP contribution in [0.2, 0.25) is 0 Å². The Balaban J connectivity index is 1.98. The predicted molar refractivity (Wildman–Crippen MR) is 97.1 cm³/mol. The first-order valence-corrected chi connectivity index (χ1v) is 8.93. The highest BCUT2D eigenvalue weighted by atomic mass is 16.2. The molecular formula is C20H26N2O2. The number of hydrogen-bond donors (Lipinski definition) is 1. The molecule has 0 saturated heterocycles. The molecule has 0 unspecified atom stereocenters. The Morgan fingerprint density at radius 2 is 1.96 bits per heavy atom. The number of rotatable bonds is 4. The first-order chi connectivity index (χ1) is 11.5. The van der Waals surface area contributed by atoms with E-state index in [0.717, 1.165) is 29.3 Å². The quantitative estimate of drug-likeness (QED) is 0.928. The van der Waals surface area contributed by atoms with Gasteiger partial charge >= 0.3 is 0 Å². The molecule has 1 aromatic carbocycles. The number of H-pyrrole nitrogens is 1. The van der Waals surface area contributed by atoms with Crippen molar-refractivity contribution in [3.05, 3.63) is 45.2 Å². The van der Waals surface area contributed by atoms with Crippen LogP contribution in [0.15, 0.2) is 23.0 Å². The fourth-order valence-electron chi connectivity index (χ4n) is 3.71. The van der Waals surface area contributed by atoms with Crippen LogP contribution in [0.4, 0.5) is 0 Å². The molecule has 2 aromatic rings. The lowest BCUT2D eigenvalue weighted by atomic mass is 10.0. The van der Waals surface area contributed by atoms with Crippen molar-refractivity contribution in [2.75, 3.05) is 0 Å². The summed E-state index contributed by atoms with van der Waals surface area (Å²) in [5, 5.41) is 1.03. The number of carbonyl (C=O) groups is 1. The standard InChI is InChI=1S/C20H26N2O2/c1-4-18(23)22(17-7-5-6-8-17)12-16-11-15-10-9-13(2)14(3)19(15)21-20(16)24/h9-11,17H,4-8,12H2,1-3H3,(H,21,24). The third-order valence-electron chi connectivity index (χ3n) is 5.36. The molecule has 1 amide bonds. The molecule has 4 nitrogen and oxygen atoms in total. The maximum absolute atomic E-state index is 12.6. The Morgan fingerprint density at radius 3 is 2.62 bits per heavy atom. The summed E-state index contributed by atoms with van der Waals surface area (Å²) in [6.07, 6.45) is 4.93. The van der Waals surface area contributed by atoms with E-state index in [1.54, 1.807) is 0 Å². The van der Waals surface area contributed by atoms with Crippen LogP contribution in [-0.2, 0) is 11.3 Å². The summed E-state index contributed by atoms with van der Waals surface area (Å²) in [7, 11) is 0. The van der Waals surface area contributed by atoms with E-state index in [4.69, 9.17) is 0 Å². The minimum Gasteiger partial charge on any atom is -0.335 e. The summed E-state index contributed by atoms with van der Waals surface area (Å²) in [4.78, 5) is 29.9. The van der Waals surface area contributed by atoms with Crippen LogP contribution in [0.5, 0.6) is 0 Å². The van der Waals surface area contributed by atoms with Crippen molar-refractivity contribution < 1.29 is 4.79 Å². The highest BCUT2D eigenvalue weighted by Crippen LogP contribution is 2.26. The molecule has 0 spiro atoms. The summed E-state index contributed by atoms with van der Waals surface area (Å²) < 4.78 is 0. The van der Waals surface area contributed by atoms with Crippen LogP contribution in [0.3, 0.4) is 0 Å². The topological polar surface area (TPSA) is 53.2 Å². The lowest BCUT2D eigenvalue weighted by molar-refractivity contribution is -0.133. The Labute approximate surface area is 142 Å². The smallest absolute Gasteiger partial charge is 0.253 e.